The molecule has 0 aliphatic heterocycles. The van der Waals surface area contributed by atoms with E-state index in [2.05, 4.69) is 65.1 Å². The summed E-state index contributed by atoms with van der Waals surface area (Å²) < 4.78 is 0. The number of nitrogens with two attached hydrogens (primary N) is 5. The molecule has 1 aromatic carbocycles. The fourth-order valence-electron chi connectivity index (χ4n) is 7.07. The summed E-state index contributed by atoms with van der Waals surface area (Å²) in [7, 11) is 0. The highest BCUT2D eigenvalue weighted by Gasteiger charge is 2.36. The molecule has 0 heterocycles. The lowest BCUT2D eigenvalue weighted by Gasteiger charge is -2.29. The predicted octanol–water partition coefficient (Wildman–Crippen LogP) is -4.91. The van der Waals surface area contributed by atoms with Gasteiger partial charge in [-0.2, -0.15) is 12.6 Å². The first-order valence-electron chi connectivity index (χ1n) is 24.7. The van der Waals surface area contributed by atoms with E-state index in [9.17, 15) is 68.4 Å². The molecule has 0 bridgehead atoms. The van der Waals surface area contributed by atoms with Gasteiger partial charge in [-0.25, -0.2) is 4.79 Å². The Hall–Kier alpha value is -7.47. The largest absolute Gasteiger partial charge is 0.508 e. The number of hydrogen-bond acceptors (Lipinski definition) is 16. The van der Waals surface area contributed by atoms with Crippen LogP contribution in [0.3, 0.4) is 0 Å². The van der Waals surface area contributed by atoms with Gasteiger partial charge in [0.1, 0.15) is 54.1 Å². The van der Waals surface area contributed by atoms with Crippen LogP contribution in [0.15, 0.2) is 34.3 Å². The van der Waals surface area contributed by atoms with Gasteiger partial charge in [-0.1, -0.05) is 53.7 Å². The fraction of sp³-hybridized carbons (Fsp3) is 0.617. The Labute approximate surface area is 451 Å². The van der Waals surface area contributed by atoms with Gasteiger partial charge in [-0.15, -0.1) is 0 Å². The number of carboxylic acids is 2. The lowest BCUT2D eigenvalue weighted by Crippen LogP contribution is -2.61. The topological polar surface area (TPSA) is 503 Å². The number of aromatic hydroxyl groups is 1. The Bertz CT molecular complexity index is 2230. The van der Waals surface area contributed by atoms with E-state index in [1.54, 1.807) is 41.5 Å². The number of nitrogens with zero attached hydrogens (tertiary/aromatic N) is 2. The number of carbonyl (C=O) groups excluding carboxylic acids is 8. The number of benzene rings is 1. The van der Waals surface area contributed by atoms with Crippen LogP contribution in [0, 0.1) is 17.8 Å². The fourth-order valence-corrected chi connectivity index (χ4v) is 7.33. The standard InChI is InChI=1S/C47H79N15O14S/c1-22(2)17-29(39(69)60-32(20-63)45(75)76)57-41(71)31(19-34(65)66)58-38(68)27(9-7-15-53-46(49)50)55-37(67)28(10-8-16-54-47(51)52)56-44(74)36(24(5)6)62-42(72)33(21-77)61-40(70)30(59-43(73)35(48)23(3)4)18-25-11-13-26(64)14-12-25/h11-14,22-24,27-33,35-36,63-64,77H,7-10,15-21,48H2,1-6H3,(H,55,67)(H,56,74)(H,57,71)(H,58,68)(H,59,73)(H,60,69)(H,61,70)(H,62,72)(H,65,66)(H,75,76)(H4,49,50,53)(H4,51,52,54)/t27-,28-,29-,30-,31-,32-,33-,35-,36-/m0/s1. The molecular formula is C47H79N15O14S. The van der Waals surface area contributed by atoms with Crippen molar-refractivity contribution in [2.75, 3.05) is 25.4 Å². The number of aliphatic hydroxyl groups is 1. The number of aliphatic hydroxyl groups excluding tert-OH is 1. The van der Waals surface area contributed by atoms with Crippen molar-refractivity contribution in [2.24, 2.45) is 56.4 Å². The van der Waals surface area contributed by atoms with Gasteiger partial charge in [0.25, 0.3) is 0 Å². The molecule has 0 unspecified atom stereocenters. The number of carboxylic acid groups (broad SMARTS) is 2. The van der Waals surface area contributed by atoms with E-state index in [4.69, 9.17) is 28.7 Å². The van der Waals surface area contributed by atoms with Gasteiger partial charge in [-0.05, 0) is 67.6 Å². The van der Waals surface area contributed by atoms with Gasteiger partial charge in [0, 0.05) is 25.3 Å². The lowest BCUT2D eigenvalue weighted by atomic mass is 10.0. The molecule has 9 atom stereocenters. The van der Waals surface area contributed by atoms with Crippen molar-refractivity contribution in [3.63, 3.8) is 0 Å². The van der Waals surface area contributed by atoms with Gasteiger partial charge < -0.3 is 91.6 Å². The molecule has 0 saturated heterocycles. The third-order valence-electron chi connectivity index (χ3n) is 11.4. The highest BCUT2D eigenvalue weighted by molar-refractivity contribution is 7.80. The number of nitrogens with one attached hydrogen (secondary N) is 8. The summed E-state index contributed by atoms with van der Waals surface area (Å²) in [5.74, 6) is -12.9. The molecule has 77 heavy (non-hydrogen) atoms. The Morgan fingerprint density at radius 1 is 0.545 bits per heavy atom. The van der Waals surface area contributed by atoms with Crippen LogP contribution in [-0.2, 0) is 54.4 Å². The van der Waals surface area contributed by atoms with Crippen LogP contribution in [0.1, 0.15) is 85.6 Å². The maximum absolute atomic E-state index is 14.3. The number of rotatable bonds is 35. The van der Waals surface area contributed by atoms with E-state index in [-0.39, 0.29) is 86.9 Å². The number of guanidine groups is 2. The number of aliphatic imine (C=N–C) groups is 2. The minimum Gasteiger partial charge on any atom is -0.508 e. The summed E-state index contributed by atoms with van der Waals surface area (Å²) in [6, 6.07) is -7.36. The summed E-state index contributed by atoms with van der Waals surface area (Å²) >= 11 is 4.26. The number of thiol groups is 1. The zero-order valence-electron chi connectivity index (χ0n) is 44.1. The molecule has 0 saturated carbocycles. The zero-order chi connectivity index (χ0) is 58.7. The molecule has 1 rings (SSSR count). The number of phenols is 1. The first-order valence-corrected chi connectivity index (χ1v) is 25.4. The van der Waals surface area contributed by atoms with Crippen molar-refractivity contribution >= 4 is 83.7 Å². The average molecular weight is 1110 g/mol. The lowest BCUT2D eigenvalue weighted by molar-refractivity contribution is -0.144. The summed E-state index contributed by atoms with van der Waals surface area (Å²) in [5, 5.41) is 57.9. The highest BCUT2D eigenvalue weighted by Crippen LogP contribution is 2.14. The van der Waals surface area contributed by atoms with Crippen LogP contribution in [0.5, 0.6) is 5.75 Å². The number of amides is 8. The van der Waals surface area contributed by atoms with Crippen molar-refractivity contribution in [1.29, 1.82) is 0 Å². The second-order valence-electron chi connectivity index (χ2n) is 19.1. The molecule has 8 amide bonds. The Morgan fingerprint density at radius 3 is 1.40 bits per heavy atom. The summed E-state index contributed by atoms with van der Waals surface area (Å²) in [5.41, 5.74) is 28.5. The van der Waals surface area contributed by atoms with Gasteiger partial charge in [0.15, 0.2) is 11.9 Å². The normalized spacial score (nSPS) is 14.6. The van der Waals surface area contributed by atoms with Crippen molar-refractivity contribution in [2.45, 2.75) is 141 Å². The first kappa shape index (κ1) is 67.5. The monoisotopic (exact) mass is 1110 g/mol. The molecule has 0 aliphatic carbocycles. The molecule has 29 nitrogen and oxygen atoms in total. The highest BCUT2D eigenvalue weighted by atomic mass is 32.1. The van der Waals surface area contributed by atoms with Gasteiger partial charge >= 0.3 is 11.9 Å². The van der Waals surface area contributed by atoms with E-state index >= 15 is 0 Å². The van der Waals surface area contributed by atoms with Crippen molar-refractivity contribution in [3.05, 3.63) is 29.8 Å². The van der Waals surface area contributed by atoms with Crippen LogP contribution >= 0.6 is 12.6 Å². The Morgan fingerprint density at radius 2 is 0.961 bits per heavy atom. The minimum atomic E-state index is -1.89. The predicted molar refractivity (Wildman–Crippen MR) is 285 cm³/mol. The van der Waals surface area contributed by atoms with Crippen molar-refractivity contribution in [1.82, 2.24) is 42.5 Å². The van der Waals surface area contributed by atoms with E-state index in [1.165, 1.54) is 24.3 Å². The van der Waals surface area contributed by atoms with Crippen molar-refractivity contribution < 1.29 is 68.4 Å². The second kappa shape index (κ2) is 34.2. The SMILES string of the molecule is CC(C)C[C@H](NC(=O)[C@H](CC(=O)O)NC(=O)[C@H](CCCN=C(N)N)NC(=O)[C@H](CCCN=C(N)N)NC(=O)[C@@H](NC(=O)[C@H](CS)NC(=O)[C@H](Cc1ccc(O)cc1)NC(=O)[C@@H](N)C(C)C)C(C)C)C(=O)N[C@@H](CO)C(=O)O. The second-order valence-corrected chi connectivity index (χ2v) is 19.5. The zero-order valence-corrected chi connectivity index (χ0v) is 45.0. The number of hydrogen-bond donors (Lipinski definition) is 18. The molecule has 30 heteroatoms. The maximum Gasteiger partial charge on any atom is 0.328 e. The maximum atomic E-state index is 14.3. The van der Waals surface area contributed by atoms with E-state index < -0.39 is 133 Å². The van der Waals surface area contributed by atoms with E-state index in [0.717, 1.165) is 0 Å². The first-order chi connectivity index (χ1) is 36.0. The third-order valence-corrected chi connectivity index (χ3v) is 11.8. The molecule has 0 radical (unpaired) electrons. The van der Waals surface area contributed by atoms with E-state index in [0.29, 0.717) is 5.56 Å². The number of phenolic OH excluding ortho intramolecular Hbond substituents is 1. The quantitative estimate of drug-likeness (QED) is 0.0131. The molecule has 1 aromatic rings. The Balaban J connectivity index is 3.58. The molecule has 0 aliphatic rings. The summed E-state index contributed by atoms with van der Waals surface area (Å²) in [6.07, 6.45) is -1.55. The average Bonchev–Trinajstić information content (AvgIpc) is 3.34. The number of aliphatic carboxylic acids is 2. The van der Waals surface area contributed by atoms with Gasteiger partial charge in [-0.3, -0.25) is 53.1 Å². The van der Waals surface area contributed by atoms with Crippen LogP contribution in [-0.4, -0.2) is 171 Å². The van der Waals surface area contributed by atoms with Gasteiger partial charge in [0.2, 0.25) is 47.3 Å². The minimum absolute atomic E-state index is 0.0134. The summed E-state index contributed by atoms with van der Waals surface area (Å²) in [4.78, 5) is 141. The molecule has 432 valence electrons. The molecular weight excluding hydrogens is 1030 g/mol. The van der Waals surface area contributed by atoms with Crippen LogP contribution in [0.4, 0.5) is 0 Å². The Kier molecular flexibility index (Phi) is 30.0. The molecule has 0 aromatic heterocycles. The molecule has 0 fully saturated rings. The van der Waals surface area contributed by atoms with Gasteiger partial charge in [0.05, 0.1) is 19.1 Å². The van der Waals surface area contributed by atoms with Crippen LogP contribution < -0.4 is 71.2 Å². The van der Waals surface area contributed by atoms with E-state index in [1.807, 2.05) is 0 Å². The van der Waals surface area contributed by atoms with Crippen LogP contribution in [0.2, 0.25) is 0 Å². The van der Waals surface area contributed by atoms with Crippen LogP contribution in [0.25, 0.3) is 0 Å². The summed E-state index contributed by atoms with van der Waals surface area (Å²) in [6.45, 7) is 8.83. The third kappa shape index (κ3) is 25.8. The number of carbonyl (C=O) groups is 10. The molecule has 22 N–H and O–H groups in total. The molecule has 0 spiro atoms. The smallest absolute Gasteiger partial charge is 0.328 e. The van der Waals surface area contributed by atoms with Crippen molar-refractivity contribution in [3.8, 4) is 5.75 Å².